The van der Waals surface area contributed by atoms with Gasteiger partial charge in [0.15, 0.2) is 5.69 Å². The molecular formula is C32H16N4. The van der Waals surface area contributed by atoms with Gasteiger partial charge >= 0.3 is 0 Å². The van der Waals surface area contributed by atoms with Crippen molar-refractivity contribution in [1.29, 1.82) is 5.26 Å². The molecule has 4 nitrogen and oxygen atoms in total. The van der Waals surface area contributed by atoms with Gasteiger partial charge in [-0.25, -0.2) is 14.8 Å². The van der Waals surface area contributed by atoms with Crippen molar-refractivity contribution in [2.24, 2.45) is 0 Å². The van der Waals surface area contributed by atoms with Crippen molar-refractivity contribution < 1.29 is 0 Å². The van der Waals surface area contributed by atoms with E-state index < -0.39 is 0 Å². The predicted octanol–water partition coefficient (Wildman–Crippen LogP) is 7.35. The Kier molecular flexibility index (Phi) is 3.61. The van der Waals surface area contributed by atoms with Crippen LogP contribution in [0.2, 0.25) is 0 Å². The van der Waals surface area contributed by atoms with E-state index in [1.54, 1.807) is 12.1 Å². The first-order valence-corrected chi connectivity index (χ1v) is 11.9. The van der Waals surface area contributed by atoms with Gasteiger partial charge in [0.05, 0.1) is 52.5 Å². The van der Waals surface area contributed by atoms with E-state index in [-0.39, 0.29) is 11.8 Å². The molecule has 0 radical (unpaired) electrons. The number of hydrogen-bond acceptors (Lipinski definition) is 3. The summed E-state index contributed by atoms with van der Waals surface area (Å²) in [6.07, 6.45) is 0. The lowest BCUT2D eigenvalue weighted by atomic mass is 9.64. The second-order valence-electron chi connectivity index (χ2n) is 9.56. The highest BCUT2D eigenvalue weighted by atomic mass is 14.9. The van der Waals surface area contributed by atoms with E-state index in [1.165, 1.54) is 22.3 Å². The molecule has 164 valence electrons. The number of benzene rings is 5. The molecule has 0 N–H and O–H groups in total. The number of aromatic nitrogens is 2. The first kappa shape index (κ1) is 19.3. The molecule has 0 amide bonds. The van der Waals surface area contributed by atoms with Gasteiger partial charge in [-0.3, -0.25) is 0 Å². The monoisotopic (exact) mass is 456 g/mol. The molecule has 0 saturated heterocycles. The summed E-state index contributed by atoms with van der Waals surface area (Å²) in [5.74, 6) is 0.154. The SMILES string of the molecule is [C-]#[N+]c1ccc(C#N)c2cc3cc4nc5c(nc4cc3cc12)C1c2ccccc2C5c2ccccc21. The van der Waals surface area contributed by atoms with E-state index >= 15 is 0 Å². The topological polar surface area (TPSA) is 53.9 Å². The summed E-state index contributed by atoms with van der Waals surface area (Å²) in [5.41, 5.74) is 10.2. The zero-order chi connectivity index (χ0) is 24.0. The van der Waals surface area contributed by atoms with E-state index in [0.29, 0.717) is 11.3 Å². The largest absolute Gasteiger partial charge is 0.248 e. The van der Waals surface area contributed by atoms with Crippen LogP contribution >= 0.6 is 0 Å². The Labute approximate surface area is 206 Å². The second kappa shape index (κ2) is 6.75. The van der Waals surface area contributed by atoms with Crippen LogP contribution in [-0.2, 0) is 0 Å². The van der Waals surface area contributed by atoms with Crippen molar-refractivity contribution in [2.45, 2.75) is 11.8 Å². The lowest BCUT2D eigenvalue weighted by Gasteiger charge is -2.40. The number of nitrogens with zero attached hydrogens (tertiary/aromatic N) is 4. The molecule has 0 saturated carbocycles. The summed E-state index contributed by atoms with van der Waals surface area (Å²) in [4.78, 5) is 14.1. The van der Waals surface area contributed by atoms with Crippen molar-refractivity contribution in [2.75, 3.05) is 0 Å². The van der Waals surface area contributed by atoms with Crippen LogP contribution in [0.15, 0.2) is 84.9 Å². The molecule has 0 atom stereocenters. The molecule has 0 aliphatic heterocycles. The molecule has 3 aliphatic rings. The highest BCUT2D eigenvalue weighted by molar-refractivity contribution is 6.08. The van der Waals surface area contributed by atoms with Crippen molar-refractivity contribution in [3.8, 4) is 6.07 Å². The normalized spacial score (nSPS) is 16.8. The fourth-order valence-corrected chi connectivity index (χ4v) is 6.27. The summed E-state index contributed by atoms with van der Waals surface area (Å²) >= 11 is 0. The van der Waals surface area contributed by atoms with E-state index in [1.807, 2.05) is 12.1 Å². The number of fused-ring (bicyclic) bond motifs is 3. The number of hydrogen-bond donors (Lipinski definition) is 0. The van der Waals surface area contributed by atoms with Crippen LogP contribution in [0.3, 0.4) is 0 Å². The van der Waals surface area contributed by atoms with Crippen LogP contribution < -0.4 is 0 Å². The quantitative estimate of drug-likeness (QED) is 0.177. The molecule has 6 aromatic rings. The van der Waals surface area contributed by atoms with Gasteiger partial charge in [0, 0.05) is 0 Å². The minimum absolute atomic E-state index is 0.0769. The van der Waals surface area contributed by atoms with Gasteiger partial charge in [-0.2, -0.15) is 5.26 Å². The van der Waals surface area contributed by atoms with Gasteiger partial charge < -0.3 is 0 Å². The molecule has 3 aliphatic carbocycles. The molecule has 0 unspecified atom stereocenters. The van der Waals surface area contributed by atoms with E-state index in [9.17, 15) is 5.26 Å². The third kappa shape index (κ3) is 2.36. The Morgan fingerprint density at radius 3 is 1.64 bits per heavy atom. The average Bonchev–Trinajstić information content (AvgIpc) is 2.93. The van der Waals surface area contributed by atoms with Gasteiger partial charge in [-0.1, -0.05) is 66.7 Å². The van der Waals surface area contributed by atoms with E-state index in [0.717, 1.165) is 44.0 Å². The van der Waals surface area contributed by atoms with Gasteiger partial charge in [0.1, 0.15) is 0 Å². The van der Waals surface area contributed by atoms with Crippen molar-refractivity contribution in [1.82, 2.24) is 9.97 Å². The summed E-state index contributed by atoms with van der Waals surface area (Å²) in [7, 11) is 0. The van der Waals surface area contributed by atoms with Crippen LogP contribution in [0.1, 0.15) is 51.0 Å². The Morgan fingerprint density at radius 2 is 1.17 bits per heavy atom. The van der Waals surface area contributed by atoms with Gasteiger partial charge in [0.2, 0.25) is 0 Å². The molecule has 36 heavy (non-hydrogen) atoms. The first-order chi connectivity index (χ1) is 17.7. The summed E-state index contributed by atoms with van der Waals surface area (Å²) in [6.45, 7) is 7.58. The van der Waals surface area contributed by atoms with Crippen LogP contribution in [0, 0.1) is 17.9 Å². The molecule has 9 rings (SSSR count). The lowest BCUT2D eigenvalue weighted by molar-refractivity contribution is 0.709. The van der Waals surface area contributed by atoms with Crippen LogP contribution in [0.25, 0.3) is 37.4 Å². The Balaban J connectivity index is 1.44. The van der Waals surface area contributed by atoms with Crippen LogP contribution in [-0.4, -0.2) is 9.97 Å². The maximum Gasteiger partial charge on any atom is 0.195 e. The molecule has 4 heteroatoms. The standard InChI is InChI=1S/C32H16N4/c1-34-26-11-10-17(16-33)24-12-18-14-27-28(15-19(18)13-25(24)26)36-32-30-22-8-4-2-6-20(22)29(31(32)35-27)21-7-3-5-9-23(21)30/h2-15,29-30H. The highest BCUT2D eigenvalue weighted by Crippen LogP contribution is 2.54. The second-order valence-corrected chi connectivity index (χ2v) is 9.56. The fraction of sp³-hybridized carbons (Fsp3) is 0.0625. The summed E-state index contributed by atoms with van der Waals surface area (Å²) in [6, 6.07) is 31.2. The van der Waals surface area contributed by atoms with Gasteiger partial charge in [0.25, 0.3) is 0 Å². The highest BCUT2D eigenvalue weighted by Gasteiger charge is 2.43. The molecule has 1 heterocycles. The minimum atomic E-state index is 0.0769. The zero-order valence-corrected chi connectivity index (χ0v) is 19.0. The van der Waals surface area contributed by atoms with Crippen LogP contribution in [0.5, 0.6) is 0 Å². The van der Waals surface area contributed by atoms with Crippen LogP contribution in [0.4, 0.5) is 5.69 Å². The first-order valence-electron chi connectivity index (χ1n) is 11.9. The Morgan fingerprint density at radius 1 is 0.667 bits per heavy atom. The lowest BCUT2D eigenvalue weighted by Crippen LogP contribution is -2.29. The summed E-state index contributed by atoms with van der Waals surface area (Å²) in [5, 5.41) is 13.2. The summed E-state index contributed by atoms with van der Waals surface area (Å²) < 4.78 is 0. The Hall–Kier alpha value is -5.06. The number of nitriles is 1. The molecule has 0 fully saturated rings. The molecule has 5 aromatic carbocycles. The molecule has 1 aromatic heterocycles. The predicted molar refractivity (Wildman–Crippen MR) is 140 cm³/mol. The van der Waals surface area contributed by atoms with Gasteiger partial charge in [-0.15, -0.1) is 0 Å². The smallest absolute Gasteiger partial charge is 0.195 e. The molecule has 2 bridgehead atoms. The van der Waals surface area contributed by atoms with Crippen molar-refractivity contribution in [3.63, 3.8) is 0 Å². The molecular weight excluding hydrogens is 440 g/mol. The molecule has 0 spiro atoms. The minimum Gasteiger partial charge on any atom is -0.248 e. The fourth-order valence-electron chi connectivity index (χ4n) is 6.27. The zero-order valence-electron chi connectivity index (χ0n) is 19.0. The third-order valence-electron chi connectivity index (χ3n) is 7.81. The number of rotatable bonds is 0. The maximum absolute atomic E-state index is 9.65. The average molecular weight is 457 g/mol. The van der Waals surface area contributed by atoms with Gasteiger partial charge in [-0.05, 0) is 62.0 Å². The van der Waals surface area contributed by atoms with Crippen molar-refractivity contribution in [3.05, 3.63) is 136 Å². The van der Waals surface area contributed by atoms with Crippen molar-refractivity contribution >= 4 is 38.3 Å². The Bertz CT molecular complexity index is 1850. The maximum atomic E-state index is 9.65. The third-order valence-corrected chi connectivity index (χ3v) is 7.81. The van der Waals surface area contributed by atoms with E-state index in [2.05, 4.69) is 71.6 Å². The van der Waals surface area contributed by atoms with E-state index in [4.69, 9.17) is 16.5 Å².